The van der Waals surface area contributed by atoms with Crippen LogP contribution < -0.4 is 10.1 Å². The lowest BCUT2D eigenvalue weighted by atomic mass is 10.2. The van der Waals surface area contributed by atoms with Gasteiger partial charge < -0.3 is 19.9 Å². The van der Waals surface area contributed by atoms with Crippen LogP contribution in [0.25, 0.3) is 0 Å². The molecule has 0 aliphatic carbocycles. The number of benzene rings is 1. The molecule has 7 nitrogen and oxygen atoms in total. The van der Waals surface area contributed by atoms with Crippen LogP contribution in [0.15, 0.2) is 18.2 Å². The Balaban J connectivity index is 1.86. The van der Waals surface area contributed by atoms with E-state index in [4.69, 9.17) is 16.3 Å². The number of carbonyl (C=O) groups is 3. The topological polar surface area (TPSA) is 79.0 Å². The van der Waals surface area contributed by atoms with E-state index in [-0.39, 0.29) is 12.3 Å². The Morgan fingerprint density at radius 1 is 1.30 bits per heavy atom. The molecule has 1 aliphatic heterocycles. The number of hydrogen-bond donors (Lipinski definition) is 1. The number of nitrogens with zero attached hydrogens (tertiary/aromatic N) is 2. The van der Waals surface area contributed by atoms with Gasteiger partial charge in [-0.05, 0) is 18.2 Å². The summed E-state index contributed by atoms with van der Waals surface area (Å²) in [5, 5.41) is 3.01. The highest BCUT2D eigenvalue weighted by molar-refractivity contribution is 6.32. The molecular weight excluding hydrogens is 322 g/mol. The fourth-order valence-corrected chi connectivity index (χ4v) is 2.53. The normalized spacial score (nSPS) is 14.3. The van der Waals surface area contributed by atoms with Crippen molar-refractivity contribution in [3.8, 4) is 5.75 Å². The average Bonchev–Trinajstić information content (AvgIpc) is 2.55. The number of nitrogens with one attached hydrogen (secondary N) is 1. The van der Waals surface area contributed by atoms with Crippen LogP contribution in [0, 0.1) is 0 Å². The molecule has 3 amide bonds. The molecule has 0 radical (unpaired) electrons. The molecule has 1 heterocycles. The number of carbonyl (C=O) groups excluding carboxylic acids is 3. The summed E-state index contributed by atoms with van der Waals surface area (Å²) in [6.45, 7) is 1.87. The minimum atomic E-state index is -0.408. The fourth-order valence-electron chi connectivity index (χ4n) is 2.28. The van der Waals surface area contributed by atoms with Gasteiger partial charge >= 0.3 is 0 Å². The summed E-state index contributed by atoms with van der Waals surface area (Å²) in [5.41, 5.74) is 0.499. The Morgan fingerprint density at radius 3 is 2.57 bits per heavy atom. The average molecular weight is 340 g/mol. The second-order valence-electron chi connectivity index (χ2n) is 5.10. The maximum Gasteiger partial charge on any atom is 0.233 e. The Kier molecular flexibility index (Phi) is 5.81. The smallest absolute Gasteiger partial charge is 0.233 e. The monoisotopic (exact) mass is 339 g/mol. The van der Waals surface area contributed by atoms with Crippen molar-refractivity contribution in [1.29, 1.82) is 0 Å². The Morgan fingerprint density at radius 2 is 2.00 bits per heavy atom. The maximum atomic E-state index is 12.1. The molecule has 1 N–H and O–H groups in total. The molecule has 2 rings (SSSR count). The summed E-state index contributed by atoms with van der Waals surface area (Å²) in [6, 6.07) is 4.85. The van der Waals surface area contributed by atoms with E-state index in [0.29, 0.717) is 42.6 Å². The molecular formula is C15H18ClN3O4. The van der Waals surface area contributed by atoms with Gasteiger partial charge in [0.25, 0.3) is 0 Å². The number of rotatable bonds is 5. The van der Waals surface area contributed by atoms with Crippen molar-refractivity contribution in [1.82, 2.24) is 9.80 Å². The van der Waals surface area contributed by atoms with E-state index < -0.39 is 5.91 Å². The lowest BCUT2D eigenvalue weighted by molar-refractivity contribution is -0.137. The predicted octanol–water partition coefficient (Wildman–Crippen LogP) is 0.978. The minimum absolute atomic E-state index is 0.245. The van der Waals surface area contributed by atoms with Crippen molar-refractivity contribution >= 4 is 35.5 Å². The minimum Gasteiger partial charge on any atom is -0.495 e. The fraction of sp³-hybridized carbons (Fsp3) is 0.400. The van der Waals surface area contributed by atoms with Gasteiger partial charge in [0.05, 0.1) is 12.1 Å². The predicted molar refractivity (Wildman–Crippen MR) is 85.5 cm³/mol. The van der Waals surface area contributed by atoms with Crippen LogP contribution in [0.2, 0.25) is 5.02 Å². The second-order valence-corrected chi connectivity index (χ2v) is 5.50. The highest BCUT2D eigenvalue weighted by Gasteiger charge is 2.22. The first-order chi connectivity index (χ1) is 11.0. The van der Waals surface area contributed by atoms with Crippen LogP contribution in [0.4, 0.5) is 5.69 Å². The summed E-state index contributed by atoms with van der Waals surface area (Å²) in [5.74, 6) is -0.157. The number of hydrogen-bond acceptors (Lipinski definition) is 4. The summed E-state index contributed by atoms with van der Waals surface area (Å²) < 4.78 is 5.03. The summed E-state index contributed by atoms with van der Waals surface area (Å²) >= 11 is 5.98. The van der Waals surface area contributed by atoms with Crippen molar-refractivity contribution in [2.45, 2.75) is 6.42 Å². The Hall–Kier alpha value is -2.28. The molecule has 1 saturated heterocycles. The van der Waals surface area contributed by atoms with E-state index >= 15 is 0 Å². The summed E-state index contributed by atoms with van der Waals surface area (Å²) in [6.07, 6.45) is 0.521. The van der Waals surface area contributed by atoms with Crippen LogP contribution in [-0.2, 0) is 14.4 Å². The van der Waals surface area contributed by atoms with Crippen molar-refractivity contribution in [2.75, 3.05) is 38.6 Å². The molecule has 1 aromatic carbocycles. The number of piperazine rings is 1. The van der Waals surface area contributed by atoms with Gasteiger partial charge in [-0.1, -0.05) is 11.6 Å². The van der Waals surface area contributed by atoms with Gasteiger partial charge in [-0.2, -0.15) is 0 Å². The van der Waals surface area contributed by atoms with Gasteiger partial charge in [0.2, 0.25) is 18.2 Å². The number of methoxy groups -OCH3 is 1. The van der Waals surface area contributed by atoms with Crippen LogP contribution in [0.1, 0.15) is 6.42 Å². The molecule has 23 heavy (non-hydrogen) atoms. The first-order valence-corrected chi connectivity index (χ1v) is 7.52. The lowest BCUT2D eigenvalue weighted by Gasteiger charge is -2.32. The number of amides is 3. The van der Waals surface area contributed by atoms with E-state index in [1.165, 1.54) is 7.11 Å². The van der Waals surface area contributed by atoms with E-state index in [1.54, 1.807) is 28.0 Å². The molecule has 0 atom stereocenters. The van der Waals surface area contributed by atoms with Crippen LogP contribution in [-0.4, -0.2) is 61.3 Å². The van der Waals surface area contributed by atoms with Crippen molar-refractivity contribution in [2.24, 2.45) is 0 Å². The molecule has 0 aromatic heterocycles. The third-order valence-corrected chi connectivity index (χ3v) is 3.86. The molecule has 0 unspecified atom stereocenters. The van der Waals surface area contributed by atoms with Crippen molar-refractivity contribution < 1.29 is 19.1 Å². The first-order valence-electron chi connectivity index (χ1n) is 7.14. The van der Waals surface area contributed by atoms with Gasteiger partial charge in [0.1, 0.15) is 12.2 Å². The summed E-state index contributed by atoms with van der Waals surface area (Å²) in [7, 11) is 1.50. The molecule has 8 heteroatoms. The van der Waals surface area contributed by atoms with E-state index in [9.17, 15) is 14.4 Å². The van der Waals surface area contributed by atoms with E-state index in [0.717, 1.165) is 6.41 Å². The molecule has 0 saturated carbocycles. The Labute approximate surface area is 139 Å². The molecule has 124 valence electrons. The SMILES string of the molecule is COc1ccc(NC(=O)CC(=O)N2CCN(C=O)CC2)cc1Cl. The van der Waals surface area contributed by atoms with Crippen molar-refractivity contribution in [3.63, 3.8) is 0 Å². The Bertz CT molecular complexity index is 600. The zero-order chi connectivity index (χ0) is 16.8. The molecule has 1 fully saturated rings. The third-order valence-electron chi connectivity index (χ3n) is 3.56. The van der Waals surface area contributed by atoms with Gasteiger partial charge in [0, 0.05) is 31.9 Å². The van der Waals surface area contributed by atoms with Gasteiger partial charge in [-0.3, -0.25) is 14.4 Å². The molecule has 0 bridgehead atoms. The summed E-state index contributed by atoms with van der Waals surface area (Å²) in [4.78, 5) is 37.8. The maximum absolute atomic E-state index is 12.1. The van der Waals surface area contributed by atoms with Crippen LogP contribution >= 0.6 is 11.6 Å². The van der Waals surface area contributed by atoms with Crippen LogP contribution in [0.5, 0.6) is 5.75 Å². The first kappa shape index (κ1) is 17.1. The molecule has 1 aromatic rings. The van der Waals surface area contributed by atoms with E-state index in [1.807, 2.05) is 0 Å². The second kappa shape index (κ2) is 7.82. The number of ether oxygens (including phenoxy) is 1. The highest BCUT2D eigenvalue weighted by Crippen LogP contribution is 2.27. The van der Waals surface area contributed by atoms with Crippen LogP contribution in [0.3, 0.4) is 0 Å². The molecule has 1 aliphatic rings. The van der Waals surface area contributed by atoms with Crippen molar-refractivity contribution in [3.05, 3.63) is 23.2 Å². The lowest BCUT2D eigenvalue weighted by Crippen LogP contribution is -2.48. The third kappa shape index (κ3) is 4.59. The zero-order valence-electron chi connectivity index (χ0n) is 12.8. The van der Waals surface area contributed by atoms with Gasteiger partial charge in [-0.15, -0.1) is 0 Å². The zero-order valence-corrected chi connectivity index (χ0v) is 13.5. The molecule has 0 spiro atoms. The van der Waals surface area contributed by atoms with E-state index in [2.05, 4.69) is 5.32 Å². The number of anilines is 1. The largest absolute Gasteiger partial charge is 0.495 e. The van der Waals surface area contributed by atoms with Gasteiger partial charge in [-0.25, -0.2) is 0 Å². The quantitative estimate of drug-likeness (QED) is 0.640. The standard InChI is InChI=1S/C15H18ClN3O4/c1-23-13-3-2-11(8-12(13)16)17-14(21)9-15(22)19-6-4-18(10-20)5-7-19/h2-3,8,10H,4-7,9H2,1H3,(H,17,21). The van der Waals surface area contributed by atoms with Gasteiger partial charge in [0.15, 0.2) is 0 Å². The highest BCUT2D eigenvalue weighted by atomic mass is 35.5. The number of halogens is 1.